The van der Waals surface area contributed by atoms with Gasteiger partial charge in [-0.2, -0.15) is 0 Å². The number of rotatable bonds is 5. The van der Waals surface area contributed by atoms with Crippen molar-refractivity contribution in [1.82, 2.24) is 4.90 Å². The summed E-state index contributed by atoms with van der Waals surface area (Å²) in [5.41, 5.74) is 5.73. The summed E-state index contributed by atoms with van der Waals surface area (Å²) in [6.07, 6.45) is 1.83. The highest BCUT2D eigenvalue weighted by Gasteiger charge is 2.17. The fourth-order valence-corrected chi connectivity index (χ4v) is 2.96. The zero-order chi connectivity index (χ0) is 19.6. The van der Waals surface area contributed by atoms with Crippen molar-refractivity contribution in [3.8, 4) is 0 Å². The number of carbonyl (C=O) groups is 2. The van der Waals surface area contributed by atoms with Crippen LogP contribution in [0.2, 0.25) is 0 Å². The van der Waals surface area contributed by atoms with Crippen molar-refractivity contribution < 1.29 is 14.0 Å². The molecule has 0 aliphatic heterocycles. The Morgan fingerprint density at radius 2 is 1.74 bits per heavy atom. The third-order valence-corrected chi connectivity index (χ3v) is 4.83. The predicted octanol–water partition coefficient (Wildman–Crippen LogP) is 4.00. The van der Waals surface area contributed by atoms with Crippen LogP contribution in [0.25, 0.3) is 11.0 Å². The van der Waals surface area contributed by atoms with Gasteiger partial charge in [-0.15, -0.1) is 0 Å². The minimum Gasteiger partial charge on any atom is -0.464 e. The van der Waals surface area contributed by atoms with Crippen LogP contribution in [0.1, 0.15) is 22.3 Å². The van der Waals surface area contributed by atoms with Crippen molar-refractivity contribution in [2.75, 3.05) is 18.9 Å². The van der Waals surface area contributed by atoms with Gasteiger partial charge in [0.25, 0.3) is 0 Å². The fourth-order valence-electron chi connectivity index (χ4n) is 2.96. The zero-order valence-electron chi connectivity index (χ0n) is 16.1. The second-order valence-corrected chi connectivity index (χ2v) is 6.99. The number of anilines is 1. The number of likely N-dealkylation sites (N-methyl/N-ethyl adjacent to an activating group) is 1. The number of hydrogen-bond acceptors (Lipinski definition) is 3. The Hall–Kier alpha value is -3.08. The molecule has 3 rings (SSSR count). The van der Waals surface area contributed by atoms with E-state index in [0.717, 1.165) is 38.9 Å². The van der Waals surface area contributed by atoms with Crippen LogP contribution in [0.4, 0.5) is 5.69 Å². The van der Waals surface area contributed by atoms with Crippen LogP contribution in [0.5, 0.6) is 0 Å². The van der Waals surface area contributed by atoms with E-state index in [1.165, 1.54) is 4.90 Å². The lowest BCUT2D eigenvalue weighted by Gasteiger charge is -2.16. The summed E-state index contributed by atoms with van der Waals surface area (Å²) in [5, 5.41) is 3.75. The first-order valence-corrected chi connectivity index (χ1v) is 8.92. The predicted molar refractivity (Wildman–Crippen MR) is 107 cm³/mol. The van der Waals surface area contributed by atoms with Gasteiger partial charge in [-0.05, 0) is 44.0 Å². The lowest BCUT2D eigenvalue weighted by Crippen LogP contribution is -2.35. The summed E-state index contributed by atoms with van der Waals surface area (Å²) in [7, 11) is 1.63. The van der Waals surface area contributed by atoms with Crippen LogP contribution in [0, 0.1) is 20.8 Å². The first kappa shape index (κ1) is 18.7. The number of hydrogen-bond donors (Lipinski definition) is 1. The normalized spacial score (nSPS) is 10.8. The van der Waals surface area contributed by atoms with E-state index < -0.39 is 0 Å². The van der Waals surface area contributed by atoms with Gasteiger partial charge in [0.1, 0.15) is 5.58 Å². The van der Waals surface area contributed by atoms with E-state index in [4.69, 9.17) is 4.42 Å². The fraction of sp³-hybridized carbons (Fsp3) is 0.273. The number of benzene rings is 2. The molecule has 2 amide bonds. The number of furan rings is 1. The molecule has 0 aliphatic rings. The number of fused-ring (bicyclic) bond motifs is 1. The standard InChI is InChI=1S/C22H24N2O3/c1-14-5-8-18(9-6-14)23-20(25)12-24(4)21(26)11-17-13-27-22-16(3)15(2)7-10-19(17)22/h5-10,13H,11-12H2,1-4H3,(H,23,25). The largest absolute Gasteiger partial charge is 0.464 e. The summed E-state index contributed by atoms with van der Waals surface area (Å²) in [6.45, 7) is 6.03. The molecule has 27 heavy (non-hydrogen) atoms. The van der Waals surface area contributed by atoms with Gasteiger partial charge in [0.05, 0.1) is 19.2 Å². The average Bonchev–Trinajstić information content (AvgIpc) is 3.03. The van der Waals surface area contributed by atoms with E-state index in [9.17, 15) is 9.59 Å². The smallest absolute Gasteiger partial charge is 0.243 e. The maximum Gasteiger partial charge on any atom is 0.243 e. The van der Waals surface area contributed by atoms with Crippen molar-refractivity contribution >= 4 is 28.5 Å². The molecule has 1 aromatic heterocycles. The molecule has 0 fully saturated rings. The SMILES string of the molecule is Cc1ccc(NC(=O)CN(C)C(=O)Cc2coc3c(C)c(C)ccc23)cc1. The molecule has 0 radical (unpaired) electrons. The Bertz CT molecular complexity index is 987. The summed E-state index contributed by atoms with van der Waals surface area (Å²) in [5.74, 6) is -0.354. The van der Waals surface area contributed by atoms with E-state index in [2.05, 4.69) is 5.32 Å². The first-order chi connectivity index (χ1) is 12.8. The van der Waals surface area contributed by atoms with Gasteiger partial charge in [0.15, 0.2) is 0 Å². The second kappa shape index (κ2) is 7.66. The molecular weight excluding hydrogens is 340 g/mol. The molecule has 0 unspecified atom stereocenters. The molecule has 5 nitrogen and oxygen atoms in total. The van der Waals surface area contributed by atoms with Gasteiger partial charge in [0.2, 0.25) is 11.8 Å². The summed E-state index contributed by atoms with van der Waals surface area (Å²) in [4.78, 5) is 26.2. The van der Waals surface area contributed by atoms with Crippen molar-refractivity contribution in [1.29, 1.82) is 0 Å². The molecule has 0 aliphatic carbocycles. The Morgan fingerprint density at radius 3 is 2.44 bits per heavy atom. The topological polar surface area (TPSA) is 62.6 Å². The van der Waals surface area contributed by atoms with E-state index >= 15 is 0 Å². The summed E-state index contributed by atoms with van der Waals surface area (Å²) in [6, 6.07) is 11.6. The number of nitrogens with zero attached hydrogens (tertiary/aromatic N) is 1. The minimum absolute atomic E-state index is 0.000625. The zero-order valence-corrected chi connectivity index (χ0v) is 16.1. The lowest BCUT2D eigenvalue weighted by molar-refractivity contribution is -0.132. The van der Waals surface area contributed by atoms with Gasteiger partial charge in [0, 0.05) is 23.7 Å². The molecule has 1 heterocycles. The van der Waals surface area contributed by atoms with Gasteiger partial charge in [-0.25, -0.2) is 0 Å². The van der Waals surface area contributed by atoms with Crippen molar-refractivity contribution in [2.24, 2.45) is 0 Å². The summed E-state index contributed by atoms with van der Waals surface area (Å²) >= 11 is 0. The highest BCUT2D eigenvalue weighted by atomic mass is 16.3. The second-order valence-electron chi connectivity index (χ2n) is 6.99. The van der Waals surface area contributed by atoms with Crippen molar-refractivity contribution in [2.45, 2.75) is 27.2 Å². The van der Waals surface area contributed by atoms with E-state index in [-0.39, 0.29) is 24.8 Å². The van der Waals surface area contributed by atoms with E-state index in [0.29, 0.717) is 0 Å². The Labute approximate surface area is 159 Å². The maximum absolute atomic E-state index is 12.5. The maximum atomic E-state index is 12.5. The third-order valence-electron chi connectivity index (χ3n) is 4.83. The molecule has 3 aromatic rings. The summed E-state index contributed by atoms with van der Waals surface area (Å²) < 4.78 is 5.66. The molecule has 0 bridgehead atoms. The first-order valence-electron chi connectivity index (χ1n) is 8.92. The Kier molecular flexibility index (Phi) is 5.31. The van der Waals surface area contributed by atoms with E-state index in [1.807, 2.05) is 57.2 Å². The van der Waals surface area contributed by atoms with Crippen LogP contribution in [-0.2, 0) is 16.0 Å². The minimum atomic E-state index is -0.224. The Morgan fingerprint density at radius 1 is 1.04 bits per heavy atom. The number of amides is 2. The van der Waals surface area contributed by atoms with Crippen LogP contribution < -0.4 is 5.32 Å². The van der Waals surface area contributed by atoms with Gasteiger partial charge < -0.3 is 14.6 Å². The van der Waals surface area contributed by atoms with Gasteiger partial charge in [-0.1, -0.05) is 29.8 Å². The molecular formula is C22H24N2O3. The van der Waals surface area contributed by atoms with Gasteiger partial charge in [-0.3, -0.25) is 9.59 Å². The highest BCUT2D eigenvalue weighted by molar-refractivity contribution is 5.95. The average molecular weight is 364 g/mol. The molecule has 2 aromatic carbocycles. The number of aryl methyl sites for hydroxylation is 3. The molecule has 0 spiro atoms. The van der Waals surface area contributed by atoms with Crippen molar-refractivity contribution in [3.63, 3.8) is 0 Å². The van der Waals surface area contributed by atoms with Gasteiger partial charge >= 0.3 is 0 Å². The van der Waals surface area contributed by atoms with Crippen LogP contribution >= 0.6 is 0 Å². The molecule has 0 atom stereocenters. The van der Waals surface area contributed by atoms with Crippen LogP contribution in [-0.4, -0.2) is 30.3 Å². The lowest BCUT2D eigenvalue weighted by atomic mass is 10.0. The monoisotopic (exact) mass is 364 g/mol. The van der Waals surface area contributed by atoms with Crippen LogP contribution in [0.3, 0.4) is 0 Å². The Balaban J connectivity index is 1.63. The quantitative estimate of drug-likeness (QED) is 0.744. The molecule has 1 N–H and O–H groups in total. The molecule has 140 valence electrons. The molecule has 5 heteroatoms. The highest BCUT2D eigenvalue weighted by Crippen LogP contribution is 2.27. The number of carbonyl (C=O) groups excluding carboxylic acids is 2. The van der Waals surface area contributed by atoms with Crippen LogP contribution in [0.15, 0.2) is 47.1 Å². The molecule has 0 saturated heterocycles. The van der Waals surface area contributed by atoms with Crippen molar-refractivity contribution in [3.05, 3.63) is 64.9 Å². The molecule has 0 saturated carbocycles. The number of nitrogens with one attached hydrogen (secondary N) is 1. The third kappa shape index (κ3) is 4.19. The van der Waals surface area contributed by atoms with E-state index in [1.54, 1.807) is 13.3 Å².